The van der Waals surface area contributed by atoms with Crippen LogP contribution in [-0.4, -0.2) is 11.0 Å². The minimum Gasteiger partial charge on any atom is -0.317 e. The first-order valence-corrected chi connectivity index (χ1v) is 11.5. The molecule has 0 saturated carbocycles. The molecule has 0 aromatic rings. The zero-order chi connectivity index (χ0) is 16.0. The highest BCUT2D eigenvalue weighted by atomic mass is 32.7. The molecule has 0 bridgehead atoms. The first-order valence-electron chi connectivity index (χ1n) is 8.73. The third kappa shape index (κ3) is 16.7. The van der Waals surface area contributed by atoms with Crippen LogP contribution in [0.4, 0.5) is 0 Å². The van der Waals surface area contributed by atoms with Gasteiger partial charge >= 0.3 is 6.80 Å². The second-order valence-electron chi connectivity index (χ2n) is 5.98. The minimum atomic E-state index is -3.65. The molecule has 21 heavy (non-hydrogen) atoms. The van der Waals surface area contributed by atoms with Crippen LogP contribution < -0.4 is 0 Å². The molecule has 0 radical (unpaired) electrons. The molecule has 5 heteroatoms. The Morgan fingerprint density at radius 3 is 1.62 bits per heavy atom. The van der Waals surface area contributed by atoms with Crippen molar-refractivity contribution < 1.29 is 14.0 Å². The summed E-state index contributed by atoms with van der Waals surface area (Å²) in [5.74, 6) is 0. The van der Waals surface area contributed by atoms with Crippen molar-refractivity contribution in [2.45, 2.75) is 103 Å². The number of rotatable bonds is 15. The second kappa shape index (κ2) is 14.1. The summed E-state index contributed by atoms with van der Waals surface area (Å²) in [6.07, 6.45) is 15.1. The largest absolute Gasteiger partial charge is 0.383 e. The van der Waals surface area contributed by atoms with E-state index in [0.717, 1.165) is 25.7 Å². The van der Waals surface area contributed by atoms with Gasteiger partial charge < -0.3 is 4.89 Å². The maximum Gasteiger partial charge on any atom is 0.383 e. The Labute approximate surface area is 136 Å². The number of hydrogen-bond donors (Lipinski definition) is 2. The van der Waals surface area contributed by atoms with Gasteiger partial charge in [-0.25, -0.2) is 4.57 Å². The van der Waals surface area contributed by atoms with E-state index in [4.69, 9.17) is 4.52 Å². The van der Waals surface area contributed by atoms with Gasteiger partial charge in [0, 0.05) is 0 Å². The van der Waals surface area contributed by atoms with Crippen molar-refractivity contribution in [3.05, 3.63) is 0 Å². The van der Waals surface area contributed by atoms with Crippen LogP contribution in [0, 0.1) is 0 Å². The van der Waals surface area contributed by atoms with Gasteiger partial charge in [-0.15, -0.1) is 0 Å². The molecule has 0 heterocycles. The Kier molecular flexibility index (Phi) is 14.5. The van der Waals surface area contributed by atoms with Gasteiger partial charge in [0.05, 0.1) is 6.10 Å². The van der Waals surface area contributed by atoms with Crippen molar-refractivity contribution in [2.24, 2.45) is 0 Å². The van der Waals surface area contributed by atoms with E-state index in [0.29, 0.717) is 0 Å². The third-order valence-electron chi connectivity index (χ3n) is 3.80. The molecule has 0 aromatic heterocycles. The van der Waals surface area contributed by atoms with E-state index in [9.17, 15) is 9.46 Å². The smallest absolute Gasteiger partial charge is 0.317 e. The van der Waals surface area contributed by atoms with Crippen LogP contribution in [0.3, 0.4) is 0 Å². The summed E-state index contributed by atoms with van der Waals surface area (Å²) in [5, 5.41) is 0. The Morgan fingerprint density at radius 1 is 0.857 bits per heavy atom. The Morgan fingerprint density at radius 2 is 1.24 bits per heavy atom. The molecule has 1 N–H and O–H groups in total. The molecule has 0 rings (SSSR count). The molecule has 0 aliphatic carbocycles. The summed E-state index contributed by atoms with van der Waals surface area (Å²) < 4.78 is 16.6. The van der Waals surface area contributed by atoms with Crippen molar-refractivity contribution >= 4 is 19.0 Å². The lowest BCUT2D eigenvalue weighted by molar-refractivity contribution is 0.159. The van der Waals surface area contributed by atoms with Crippen molar-refractivity contribution in [1.29, 1.82) is 0 Å². The zero-order valence-corrected chi connectivity index (χ0v) is 15.7. The van der Waals surface area contributed by atoms with Crippen molar-refractivity contribution in [2.75, 3.05) is 0 Å². The summed E-state index contributed by atoms with van der Waals surface area (Å²) in [4.78, 5) is 9.30. The second-order valence-corrected chi connectivity index (χ2v) is 8.69. The SMILES string of the molecule is CCCCCCCCC(CCCCCCC)OP(=O)(O)S. The number of unbranched alkanes of at least 4 members (excludes halogenated alkanes) is 9. The van der Waals surface area contributed by atoms with Crippen LogP contribution in [0.15, 0.2) is 0 Å². The third-order valence-corrected chi connectivity index (χ3v) is 4.65. The molecule has 0 aliphatic heterocycles. The first kappa shape index (κ1) is 21.5. The van der Waals surface area contributed by atoms with Gasteiger partial charge in [-0.3, -0.25) is 4.52 Å². The number of hydrogen-bond acceptors (Lipinski definition) is 2. The highest BCUT2D eigenvalue weighted by Crippen LogP contribution is 2.49. The van der Waals surface area contributed by atoms with Gasteiger partial charge in [-0.2, -0.15) is 0 Å². The van der Waals surface area contributed by atoms with E-state index in [1.807, 2.05) is 0 Å². The average Bonchev–Trinajstić information content (AvgIpc) is 2.40. The molecule has 0 fully saturated rings. The van der Waals surface area contributed by atoms with Crippen molar-refractivity contribution in [1.82, 2.24) is 0 Å². The van der Waals surface area contributed by atoms with Crippen LogP contribution >= 0.6 is 19.0 Å². The minimum absolute atomic E-state index is 0.105. The summed E-state index contributed by atoms with van der Waals surface area (Å²) in [6, 6.07) is 0. The van der Waals surface area contributed by atoms with Crippen LogP contribution in [0.25, 0.3) is 0 Å². The maximum atomic E-state index is 11.3. The fourth-order valence-corrected chi connectivity index (χ4v) is 3.57. The first-order chi connectivity index (χ1) is 9.99. The fraction of sp³-hybridized carbons (Fsp3) is 1.00. The molecular formula is C16H35O3PS. The molecule has 2 atom stereocenters. The monoisotopic (exact) mass is 338 g/mol. The molecule has 3 nitrogen and oxygen atoms in total. The molecular weight excluding hydrogens is 303 g/mol. The lowest BCUT2D eigenvalue weighted by Gasteiger charge is -2.18. The lowest BCUT2D eigenvalue weighted by atomic mass is 10.0. The molecule has 0 aromatic carbocycles. The molecule has 0 saturated heterocycles. The van der Waals surface area contributed by atoms with Crippen molar-refractivity contribution in [3.63, 3.8) is 0 Å². The zero-order valence-electron chi connectivity index (χ0n) is 13.9. The Bertz CT molecular complexity index is 268. The predicted molar refractivity (Wildman–Crippen MR) is 95.1 cm³/mol. The van der Waals surface area contributed by atoms with Gasteiger partial charge in [0.2, 0.25) is 0 Å². The molecule has 128 valence electrons. The van der Waals surface area contributed by atoms with Crippen molar-refractivity contribution in [3.8, 4) is 0 Å². The van der Waals surface area contributed by atoms with E-state index in [1.165, 1.54) is 57.8 Å². The number of thiol groups is 1. The van der Waals surface area contributed by atoms with Gasteiger partial charge in [-0.1, -0.05) is 96.7 Å². The van der Waals surface area contributed by atoms with Gasteiger partial charge in [0.15, 0.2) is 0 Å². The van der Waals surface area contributed by atoms with E-state index >= 15 is 0 Å². The van der Waals surface area contributed by atoms with Gasteiger partial charge in [-0.05, 0) is 12.8 Å². The Hall–Kier alpha value is 0.500. The lowest BCUT2D eigenvalue weighted by Crippen LogP contribution is -2.10. The van der Waals surface area contributed by atoms with Gasteiger partial charge in [0.25, 0.3) is 0 Å². The topological polar surface area (TPSA) is 46.5 Å². The quantitative estimate of drug-likeness (QED) is 0.203. The normalized spacial score (nSPS) is 15.8. The average molecular weight is 338 g/mol. The molecule has 0 aliphatic rings. The molecule has 2 unspecified atom stereocenters. The highest BCUT2D eigenvalue weighted by molar-refractivity contribution is 8.44. The maximum absolute atomic E-state index is 11.3. The van der Waals surface area contributed by atoms with E-state index in [1.54, 1.807) is 0 Å². The van der Waals surface area contributed by atoms with Crippen LogP contribution in [0.5, 0.6) is 0 Å². The Balaban J connectivity index is 3.84. The fourth-order valence-electron chi connectivity index (χ4n) is 2.57. The van der Waals surface area contributed by atoms with Gasteiger partial charge in [0.1, 0.15) is 0 Å². The van der Waals surface area contributed by atoms with E-state index in [2.05, 4.69) is 26.1 Å². The van der Waals surface area contributed by atoms with E-state index in [-0.39, 0.29) is 6.10 Å². The standard InChI is InChI=1S/C16H35O3PS/c1-3-5-7-9-11-13-15-16(19-20(17,18)21)14-12-10-8-6-4-2/h16H,3-15H2,1-2H3,(H2,17,18,21). The van der Waals surface area contributed by atoms with Crippen LogP contribution in [0.1, 0.15) is 97.3 Å². The summed E-state index contributed by atoms with van der Waals surface area (Å²) >= 11 is 3.65. The highest BCUT2D eigenvalue weighted by Gasteiger charge is 2.19. The van der Waals surface area contributed by atoms with Crippen LogP contribution in [0.2, 0.25) is 0 Å². The van der Waals surface area contributed by atoms with E-state index < -0.39 is 6.80 Å². The summed E-state index contributed by atoms with van der Waals surface area (Å²) in [5.41, 5.74) is 0. The molecule has 0 amide bonds. The predicted octanol–water partition coefficient (Wildman–Crippen LogP) is 6.51. The molecule has 0 spiro atoms. The summed E-state index contributed by atoms with van der Waals surface area (Å²) in [6.45, 7) is 0.763. The summed E-state index contributed by atoms with van der Waals surface area (Å²) in [7, 11) is 0. The van der Waals surface area contributed by atoms with Crippen LogP contribution in [-0.2, 0) is 9.09 Å².